The smallest absolute Gasteiger partial charge is 0.0500 e. The average Bonchev–Trinajstić information content (AvgIpc) is 2.50. The van der Waals surface area contributed by atoms with E-state index in [4.69, 9.17) is 9.84 Å². The summed E-state index contributed by atoms with van der Waals surface area (Å²) in [5.41, 5.74) is 0.107. The molecule has 1 aliphatic heterocycles. The molecule has 0 aromatic rings. The summed E-state index contributed by atoms with van der Waals surface area (Å²) in [6.45, 7) is 3.00. The molecular formula is C8H17NO2. The third kappa shape index (κ3) is 2.15. The Bertz CT molecular complexity index is 111. The molecule has 1 saturated heterocycles. The lowest BCUT2D eigenvalue weighted by Crippen LogP contribution is -2.29. The summed E-state index contributed by atoms with van der Waals surface area (Å²) in [5.74, 6) is 0. The quantitative estimate of drug-likeness (QED) is 0.606. The van der Waals surface area contributed by atoms with Gasteiger partial charge in [0.05, 0.1) is 6.61 Å². The van der Waals surface area contributed by atoms with Crippen LogP contribution in [-0.4, -0.2) is 38.5 Å². The van der Waals surface area contributed by atoms with Crippen LogP contribution in [0.1, 0.15) is 12.8 Å². The molecule has 0 aromatic carbocycles. The lowest BCUT2D eigenvalue weighted by molar-refractivity contribution is 0.0896. The number of aliphatic hydroxyl groups is 1. The van der Waals surface area contributed by atoms with Gasteiger partial charge in [0.15, 0.2) is 0 Å². The zero-order chi connectivity index (χ0) is 8.16. The second kappa shape index (κ2) is 4.04. The zero-order valence-corrected chi connectivity index (χ0v) is 7.10. The molecule has 66 valence electrons. The van der Waals surface area contributed by atoms with Crippen molar-refractivity contribution < 1.29 is 9.84 Å². The fourth-order valence-electron chi connectivity index (χ4n) is 1.54. The molecule has 1 aliphatic rings. The Labute approximate surface area is 67.7 Å². The molecule has 0 radical (unpaired) electrons. The molecule has 0 aromatic heterocycles. The van der Waals surface area contributed by atoms with E-state index < -0.39 is 0 Å². The van der Waals surface area contributed by atoms with Gasteiger partial charge in [-0.1, -0.05) is 0 Å². The lowest BCUT2D eigenvalue weighted by Gasteiger charge is -2.24. The summed E-state index contributed by atoms with van der Waals surface area (Å²) >= 11 is 0. The summed E-state index contributed by atoms with van der Waals surface area (Å²) in [6.07, 6.45) is 2.04. The number of hydrogen-bond donors (Lipinski definition) is 2. The van der Waals surface area contributed by atoms with Gasteiger partial charge in [-0.25, -0.2) is 0 Å². The van der Waals surface area contributed by atoms with Crippen molar-refractivity contribution >= 4 is 0 Å². The lowest BCUT2D eigenvalue weighted by atomic mass is 9.85. The van der Waals surface area contributed by atoms with E-state index in [1.165, 1.54) is 0 Å². The molecule has 1 fully saturated rings. The number of nitrogens with one attached hydrogen (secondary N) is 1. The summed E-state index contributed by atoms with van der Waals surface area (Å²) in [6, 6.07) is 0. The van der Waals surface area contributed by atoms with Crippen molar-refractivity contribution in [3.8, 4) is 0 Å². The van der Waals surface area contributed by atoms with E-state index in [9.17, 15) is 0 Å². The Hall–Kier alpha value is -0.120. The van der Waals surface area contributed by atoms with E-state index >= 15 is 0 Å². The van der Waals surface area contributed by atoms with Gasteiger partial charge in [0.2, 0.25) is 0 Å². The van der Waals surface area contributed by atoms with Crippen molar-refractivity contribution in [2.75, 3.05) is 33.4 Å². The van der Waals surface area contributed by atoms with Crippen molar-refractivity contribution in [3.63, 3.8) is 0 Å². The van der Waals surface area contributed by atoms with Crippen molar-refractivity contribution in [3.05, 3.63) is 0 Å². The molecule has 1 unspecified atom stereocenters. The summed E-state index contributed by atoms with van der Waals surface area (Å²) in [5, 5.41) is 12.4. The maximum atomic E-state index is 9.15. The molecule has 2 N–H and O–H groups in total. The molecule has 11 heavy (non-hydrogen) atoms. The van der Waals surface area contributed by atoms with Gasteiger partial charge < -0.3 is 15.2 Å². The predicted molar refractivity (Wildman–Crippen MR) is 43.5 cm³/mol. The third-order valence-electron chi connectivity index (χ3n) is 2.50. The topological polar surface area (TPSA) is 41.5 Å². The van der Waals surface area contributed by atoms with Gasteiger partial charge in [0.1, 0.15) is 0 Å². The van der Waals surface area contributed by atoms with Crippen LogP contribution in [0.5, 0.6) is 0 Å². The van der Waals surface area contributed by atoms with E-state index in [0.717, 1.165) is 32.5 Å². The second-order valence-electron chi connectivity index (χ2n) is 3.33. The van der Waals surface area contributed by atoms with Gasteiger partial charge in [-0.3, -0.25) is 0 Å². The van der Waals surface area contributed by atoms with Gasteiger partial charge in [-0.2, -0.15) is 0 Å². The first-order valence-corrected chi connectivity index (χ1v) is 4.13. The van der Waals surface area contributed by atoms with E-state index in [2.05, 4.69) is 5.32 Å². The minimum Gasteiger partial charge on any atom is -0.396 e. The van der Waals surface area contributed by atoms with E-state index in [-0.39, 0.29) is 12.0 Å². The third-order valence-corrected chi connectivity index (χ3v) is 2.50. The highest BCUT2D eigenvalue weighted by Crippen LogP contribution is 2.28. The van der Waals surface area contributed by atoms with E-state index in [1.807, 2.05) is 0 Å². The van der Waals surface area contributed by atoms with E-state index in [0.29, 0.717) is 0 Å². The Balaban J connectivity index is 2.33. The summed E-state index contributed by atoms with van der Waals surface area (Å²) in [4.78, 5) is 0. The molecule has 0 amide bonds. The van der Waals surface area contributed by atoms with Crippen LogP contribution >= 0.6 is 0 Å². The minimum absolute atomic E-state index is 0.107. The Morgan fingerprint density at radius 3 is 2.91 bits per heavy atom. The van der Waals surface area contributed by atoms with Crippen LogP contribution in [-0.2, 0) is 4.74 Å². The number of hydrogen-bond acceptors (Lipinski definition) is 3. The Morgan fingerprint density at radius 1 is 1.64 bits per heavy atom. The fourth-order valence-corrected chi connectivity index (χ4v) is 1.54. The number of rotatable bonds is 4. The molecule has 3 nitrogen and oxygen atoms in total. The molecule has 0 bridgehead atoms. The van der Waals surface area contributed by atoms with Crippen LogP contribution in [0.4, 0.5) is 0 Å². The molecule has 1 atom stereocenters. The first kappa shape index (κ1) is 8.97. The van der Waals surface area contributed by atoms with Gasteiger partial charge in [-0.15, -0.1) is 0 Å². The largest absolute Gasteiger partial charge is 0.396 e. The van der Waals surface area contributed by atoms with Crippen LogP contribution in [0.3, 0.4) is 0 Å². The van der Waals surface area contributed by atoms with Crippen molar-refractivity contribution in [1.82, 2.24) is 5.32 Å². The highest BCUT2D eigenvalue weighted by atomic mass is 16.5. The average molecular weight is 159 g/mol. The monoisotopic (exact) mass is 159 g/mol. The molecule has 0 spiro atoms. The SMILES string of the molecule is COCCC1(CO)CCNC1. The first-order chi connectivity index (χ1) is 5.33. The van der Waals surface area contributed by atoms with Crippen molar-refractivity contribution in [2.24, 2.45) is 5.41 Å². The number of aliphatic hydroxyl groups excluding tert-OH is 1. The van der Waals surface area contributed by atoms with Crippen LogP contribution in [0, 0.1) is 5.41 Å². The van der Waals surface area contributed by atoms with Crippen LogP contribution < -0.4 is 5.32 Å². The van der Waals surface area contributed by atoms with Gasteiger partial charge in [0.25, 0.3) is 0 Å². The van der Waals surface area contributed by atoms with Crippen molar-refractivity contribution in [2.45, 2.75) is 12.8 Å². The van der Waals surface area contributed by atoms with Gasteiger partial charge in [0, 0.05) is 25.7 Å². The second-order valence-corrected chi connectivity index (χ2v) is 3.33. The summed E-state index contributed by atoms with van der Waals surface area (Å²) < 4.78 is 4.99. The first-order valence-electron chi connectivity index (χ1n) is 4.13. The van der Waals surface area contributed by atoms with Gasteiger partial charge >= 0.3 is 0 Å². The van der Waals surface area contributed by atoms with Crippen molar-refractivity contribution in [1.29, 1.82) is 0 Å². The highest BCUT2D eigenvalue weighted by molar-refractivity contribution is 4.86. The number of ether oxygens (including phenoxy) is 1. The highest BCUT2D eigenvalue weighted by Gasteiger charge is 2.32. The maximum Gasteiger partial charge on any atom is 0.0500 e. The zero-order valence-electron chi connectivity index (χ0n) is 7.10. The van der Waals surface area contributed by atoms with Gasteiger partial charge in [-0.05, 0) is 19.4 Å². The summed E-state index contributed by atoms with van der Waals surface area (Å²) in [7, 11) is 1.70. The van der Waals surface area contributed by atoms with E-state index in [1.54, 1.807) is 7.11 Å². The predicted octanol–water partition coefficient (Wildman–Crippen LogP) is -0.00510. The Kier molecular flexibility index (Phi) is 3.30. The Morgan fingerprint density at radius 2 is 2.45 bits per heavy atom. The number of methoxy groups -OCH3 is 1. The molecule has 1 heterocycles. The molecule has 0 aliphatic carbocycles. The van der Waals surface area contributed by atoms with Crippen LogP contribution in [0.15, 0.2) is 0 Å². The molecule has 3 heteroatoms. The molecule has 1 rings (SSSR count). The van der Waals surface area contributed by atoms with Crippen LogP contribution in [0.25, 0.3) is 0 Å². The molecule has 0 saturated carbocycles. The van der Waals surface area contributed by atoms with Crippen LogP contribution in [0.2, 0.25) is 0 Å². The normalized spacial score (nSPS) is 31.1. The minimum atomic E-state index is 0.107. The fraction of sp³-hybridized carbons (Fsp3) is 1.00. The standard InChI is InChI=1S/C8H17NO2/c1-11-5-3-8(7-10)2-4-9-6-8/h9-10H,2-7H2,1H3. The maximum absolute atomic E-state index is 9.15. The molecular weight excluding hydrogens is 142 g/mol.